The van der Waals surface area contributed by atoms with Gasteiger partial charge in [0.25, 0.3) is 0 Å². The number of likely N-dealkylation sites (tertiary alicyclic amines) is 1. The molecule has 0 bridgehead atoms. The van der Waals surface area contributed by atoms with Crippen LogP contribution < -0.4 is 4.90 Å². The van der Waals surface area contributed by atoms with E-state index in [1.54, 1.807) is 0 Å². The largest absolute Gasteiger partial charge is 0.369 e. The zero-order valence-electron chi connectivity index (χ0n) is 14.9. The molecular weight excluding hydrogens is 317 g/mol. The molecule has 0 aliphatic carbocycles. The van der Waals surface area contributed by atoms with E-state index in [-0.39, 0.29) is 11.7 Å². The van der Waals surface area contributed by atoms with Gasteiger partial charge in [-0.1, -0.05) is 6.08 Å². The molecule has 1 aromatic carbocycles. The number of carbonyl (C=O) groups is 1. The number of anilines is 1. The number of nitrogens with zero attached hydrogens (tertiary/aromatic N) is 3. The number of carbonyl (C=O) groups excluding carboxylic acids is 1. The van der Waals surface area contributed by atoms with E-state index in [0.717, 1.165) is 57.8 Å². The molecule has 2 fully saturated rings. The van der Waals surface area contributed by atoms with Gasteiger partial charge in [0.15, 0.2) is 0 Å². The molecule has 0 unspecified atom stereocenters. The number of hydrogen-bond donors (Lipinski definition) is 0. The third-order valence-corrected chi connectivity index (χ3v) is 5.33. The van der Waals surface area contributed by atoms with Crippen LogP contribution in [0.5, 0.6) is 0 Å². The Morgan fingerprint density at radius 1 is 1.16 bits per heavy atom. The molecule has 2 aliphatic heterocycles. The van der Waals surface area contributed by atoms with Gasteiger partial charge in [0.05, 0.1) is 0 Å². The van der Waals surface area contributed by atoms with Crippen molar-refractivity contribution in [1.29, 1.82) is 0 Å². The Balaban J connectivity index is 1.51. The van der Waals surface area contributed by atoms with Gasteiger partial charge in [0, 0.05) is 57.4 Å². The minimum absolute atomic E-state index is 0.189. The Morgan fingerprint density at radius 2 is 1.88 bits per heavy atom. The lowest BCUT2D eigenvalue weighted by molar-refractivity contribution is -0.133. The number of piperidine rings is 1. The summed E-state index contributed by atoms with van der Waals surface area (Å²) in [6.45, 7) is 9.34. The van der Waals surface area contributed by atoms with Gasteiger partial charge in [-0.05, 0) is 43.5 Å². The maximum absolute atomic E-state index is 13.1. The van der Waals surface area contributed by atoms with Crippen LogP contribution in [0.25, 0.3) is 0 Å². The summed E-state index contributed by atoms with van der Waals surface area (Å²) in [4.78, 5) is 19.1. The molecule has 4 nitrogen and oxygen atoms in total. The summed E-state index contributed by atoms with van der Waals surface area (Å²) < 4.78 is 13.1. The SMILES string of the molecule is C=CCCC(=O)N1CCC[C@@H](N2CCN(c3ccc(F)cc3)CC2)C1. The summed E-state index contributed by atoms with van der Waals surface area (Å²) in [5.41, 5.74) is 1.09. The lowest BCUT2D eigenvalue weighted by atomic mass is 10.0. The van der Waals surface area contributed by atoms with Gasteiger partial charge < -0.3 is 9.80 Å². The second kappa shape index (κ2) is 8.48. The molecule has 1 atom stereocenters. The van der Waals surface area contributed by atoms with E-state index in [0.29, 0.717) is 12.5 Å². The van der Waals surface area contributed by atoms with E-state index >= 15 is 0 Å². The topological polar surface area (TPSA) is 26.8 Å². The second-order valence-corrected chi connectivity index (χ2v) is 6.96. The summed E-state index contributed by atoms with van der Waals surface area (Å²) in [5.74, 6) is 0.0698. The molecule has 0 spiro atoms. The number of allylic oxidation sites excluding steroid dienone is 1. The van der Waals surface area contributed by atoms with Crippen molar-refractivity contribution in [3.05, 3.63) is 42.7 Å². The van der Waals surface area contributed by atoms with Crippen molar-refractivity contribution in [1.82, 2.24) is 9.80 Å². The van der Waals surface area contributed by atoms with Crippen molar-refractivity contribution >= 4 is 11.6 Å². The van der Waals surface area contributed by atoms with E-state index < -0.39 is 0 Å². The van der Waals surface area contributed by atoms with Crippen molar-refractivity contribution in [2.45, 2.75) is 31.7 Å². The van der Waals surface area contributed by atoms with Crippen LogP contribution in [0.15, 0.2) is 36.9 Å². The van der Waals surface area contributed by atoms with Gasteiger partial charge in [-0.25, -0.2) is 4.39 Å². The number of halogens is 1. The summed E-state index contributed by atoms with van der Waals surface area (Å²) in [6.07, 6.45) is 5.41. The maximum Gasteiger partial charge on any atom is 0.222 e. The molecule has 0 aromatic heterocycles. The zero-order chi connectivity index (χ0) is 17.6. The third-order valence-electron chi connectivity index (χ3n) is 5.33. The third kappa shape index (κ3) is 4.60. The summed E-state index contributed by atoms with van der Waals surface area (Å²) in [7, 11) is 0. The van der Waals surface area contributed by atoms with Crippen molar-refractivity contribution in [2.24, 2.45) is 0 Å². The van der Waals surface area contributed by atoms with Crippen LogP contribution in [0.4, 0.5) is 10.1 Å². The number of amides is 1. The van der Waals surface area contributed by atoms with Crippen LogP contribution in [-0.2, 0) is 4.79 Å². The minimum atomic E-state index is -0.189. The molecular formula is C20H28FN3O. The van der Waals surface area contributed by atoms with Gasteiger partial charge in [0.1, 0.15) is 5.82 Å². The molecule has 5 heteroatoms. The summed E-state index contributed by atoms with van der Waals surface area (Å²) in [6, 6.07) is 7.22. The monoisotopic (exact) mass is 345 g/mol. The van der Waals surface area contributed by atoms with Crippen LogP contribution >= 0.6 is 0 Å². The second-order valence-electron chi connectivity index (χ2n) is 6.96. The van der Waals surface area contributed by atoms with E-state index in [9.17, 15) is 9.18 Å². The summed E-state index contributed by atoms with van der Waals surface area (Å²) in [5, 5.41) is 0. The molecule has 25 heavy (non-hydrogen) atoms. The van der Waals surface area contributed by atoms with E-state index in [1.807, 2.05) is 23.1 Å². The van der Waals surface area contributed by atoms with Gasteiger partial charge >= 0.3 is 0 Å². The standard InChI is InChI=1S/C20H28FN3O/c1-2-3-6-20(25)24-11-4-5-19(16-24)23-14-12-22(13-15-23)18-9-7-17(21)8-10-18/h2,7-10,19H,1,3-6,11-16H2/t19-/m1/s1. The maximum atomic E-state index is 13.1. The molecule has 2 heterocycles. The fraction of sp³-hybridized carbons (Fsp3) is 0.550. The number of rotatable bonds is 5. The highest BCUT2D eigenvalue weighted by Crippen LogP contribution is 2.21. The summed E-state index contributed by atoms with van der Waals surface area (Å²) >= 11 is 0. The van der Waals surface area contributed by atoms with Crippen LogP contribution in [-0.4, -0.2) is 61.0 Å². The quantitative estimate of drug-likeness (QED) is 0.768. The Hall–Kier alpha value is -1.88. The average molecular weight is 345 g/mol. The van der Waals surface area contributed by atoms with E-state index in [2.05, 4.69) is 16.4 Å². The first-order valence-electron chi connectivity index (χ1n) is 9.30. The van der Waals surface area contributed by atoms with Crippen molar-refractivity contribution < 1.29 is 9.18 Å². The Labute approximate surface area is 149 Å². The first-order chi connectivity index (χ1) is 12.2. The zero-order valence-corrected chi connectivity index (χ0v) is 14.9. The molecule has 0 N–H and O–H groups in total. The highest BCUT2D eigenvalue weighted by molar-refractivity contribution is 5.76. The van der Waals surface area contributed by atoms with Crippen LogP contribution in [0, 0.1) is 5.82 Å². The first kappa shape index (κ1) is 17.9. The lowest BCUT2D eigenvalue weighted by Gasteiger charge is -2.44. The van der Waals surface area contributed by atoms with Crippen molar-refractivity contribution in [3.63, 3.8) is 0 Å². The minimum Gasteiger partial charge on any atom is -0.369 e. The molecule has 0 radical (unpaired) electrons. The van der Waals surface area contributed by atoms with Crippen LogP contribution in [0.2, 0.25) is 0 Å². The molecule has 1 aromatic rings. The average Bonchev–Trinajstić information content (AvgIpc) is 2.67. The lowest BCUT2D eigenvalue weighted by Crippen LogP contribution is -2.55. The fourth-order valence-electron chi connectivity index (χ4n) is 3.86. The number of benzene rings is 1. The number of hydrogen-bond acceptors (Lipinski definition) is 3. The highest BCUT2D eigenvalue weighted by Gasteiger charge is 2.29. The molecule has 3 rings (SSSR count). The Kier molecular flexibility index (Phi) is 6.08. The Bertz CT molecular complexity index is 581. The van der Waals surface area contributed by atoms with Crippen molar-refractivity contribution in [2.75, 3.05) is 44.2 Å². The number of piperazine rings is 1. The van der Waals surface area contributed by atoms with Gasteiger partial charge in [-0.3, -0.25) is 9.69 Å². The van der Waals surface area contributed by atoms with Gasteiger partial charge in [0.2, 0.25) is 5.91 Å². The molecule has 2 saturated heterocycles. The molecule has 2 aliphatic rings. The molecule has 136 valence electrons. The van der Waals surface area contributed by atoms with E-state index in [1.165, 1.54) is 18.6 Å². The smallest absolute Gasteiger partial charge is 0.222 e. The van der Waals surface area contributed by atoms with Crippen LogP contribution in [0.1, 0.15) is 25.7 Å². The molecule has 1 amide bonds. The van der Waals surface area contributed by atoms with Crippen LogP contribution in [0.3, 0.4) is 0 Å². The molecule has 0 saturated carbocycles. The van der Waals surface area contributed by atoms with E-state index in [4.69, 9.17) is 0 Å². The Morgan fingerprint density at radius 3 is 2.56 bits per heavy atom. The van der Waals surface area contributed by atoms with Crippen molar-refractivity contribution in [3.8, 4) is 0 Å². The first-order valence-corrected chi connectivity index (χ1v) is 9.30. The predicted octanol–water partition coefficient (Wildman–Crippen LogP) is 2.90. The normalized spacial score (nSPS) is 22.0. The predicted molar refractivity (Wildman–Crippen MR) is 99.2 cm³/mol. The van der Waals surface area contributed by atoms with Gasteiger partial charge in [-0.2, -0.15) is 0 Å². The van der Waals surface area contributed by atoms with Gasteiger partial charge in [-0.15, -0.1) is 6.58 Å². The fourth-order valence-corrected chi connectivity index (χ4v) is 3.86. The highest BCUT2D eigenvalue weighted by atomic mass is 19.1.